The number of alkyl halides is 2. The van der Waals surface area contributed by atoms with E-state index in [4.69, 9.17) is 10.5 Å². The molecular weight excluding hydrogens is 240 g/mol. The molecule has 0 unspecified atom stereocenters. The molecule has 0 atom stereocenters. The van der Waals surface area contributed by atoms with Crippen molar-refractivity contribution >= 4 is 0 Å². The Morgan fingerprint density at radius 1 is 1.28 bits per heavy atom. The lowest BCUT2D eigenvalue weighted by molar-refractivity contribution is -0.0517. The standard InChI is InChI=1S/C12H19F2N3O/c1-8-9(10(18-3)17(2)16-8)11(15)4-6-12(13,14)7-5-11/h4-7,15H2,1-3H3. The number of nitrogens with two attached hydrogens (primary N) is 1. The first-order chi connectivity index (χ1) is 8.29. The van der Waals surface area contributed by atoms with E-state index in [0.717, 1.165) is 11.3 Å². The first kappa shape index (κ1) is 13.3. The highest BCUT2D eigenvalue weighted by Crippen LogP contribution is 2.45. The third-order valence-electron chi connectivity index (χ3n) is 3.73. The Balaban J connectivity index is 2.37. The van der Waals surface area contributed by atoms with Gasteiger partial charge in [0.2, 0.25) is 11.8 Å². The Bertz CT molecular complexity index is 446. The minimum Gasteiger partial charge on any atom is -0.481 e. The normalized spacial score (nSPS) is 21.9. The van der Waals surface area contributed by atoms with Gasteiger partial charge in [0.25, 0.3) is 0 Å². The molecule has 1 aliphatic carbocycles. The lowest BCUT2D eigenvalue weighted by Crippen LogP contribution is -2.44. The smallest absolute Gasteiger partial charge is 0.248 e. The maximum Gasteiger partial charge on any atom is 0.248 e. The van der Waals surface area contributed by atoms with Crippen LogP contribution < -0.4 is 10.5 Å². The lowest BCUT2D eigenvalue weighted by atomic mass is 9.76. The Kier molecular flexibility index (Phi) is 3.09. The van der Waals surface area contributed by atoms with E-state index in [2.05, 4.69) is 5.10 Å². The molecule has 1 saturated carbocycles. The molecule has 0 aliphatic heterocycles. The molecule has 1 aromatic rings. The van der Waals surface area contributed by atoms with Crippen molar-refractivity contribution in [2.24, 2.45) is 12.8 Å². The molecule has 1 fully saturated rings. The van der Waals surface area contributed by atoms with Gasteiger partial charge in [-0.1, -0.05) is 0 Å². The molecule has 1 aromatic heterocycles. The summed E-state index contributed by atoms with van der Waals surface area (Å²) in [6.07, 6.45) is 0.147. The van der Waals surface area contributed by atoms with Crippen LogP contribution in [0.4, 0.5) is 8.78 Å². The molecule has 0 bridgehead atoms. The number of halogens is 2. The first-order valence-corrected chi connectivity index (χ1v) is 6.04. The Hall–Kier alpha value is -1.17. The Morgan fingerprint density at radius 2 is 1.83 bits per heavy atom. The number of ether oxygens (including phenoxy) is 1. The Labute approximate surface area is 105 Å². The van der Waals surface area contributed by atoms with Crippen molar-refractivity contribution in [3.63, 3.8) is 0 Å². The van der Waals surface area contributed by atoms with Gasteiger partial charge in [-0.3, -0.25) is 0 Å². The zero-order valence-electron chi connectivity index (χ0n) is 11.0. The average molecular weight is 259 g/mol. The van der Waals surface area contributed by atoms with Crippen LogP contribution in [0.2, 0.25) is 0 Å². The van der Waals surface area contributed by atoms with E-state index in [9.17, 15) is 8.78 Å². The van der Waals surface area contributed by atoms with Gasteiger partial charge in [0.05, 0.1) is 18.4 Å². The number of hydrogen-bond donors (Lipinski definition) is 1. The van der Waals surface area contributed by atoms with Crippen LogP contribution in [0.15, 0.2) is 0 Å². The number of hydrogen-bond acceptors (Lipinski definition) is 3. The molecule has 1 aliphatic rings. The van der Waals surface area contributed by atoms with Crippen molar-refractivity contribution in [3.05, 3.63) is 11.3 Å². The van der Waals surface area contributed by atoms with E-state index in [-0.39, 0.29) is 25.7 Å². The van der Waals surface area contributed by atoms with E-state index in [1.165, 1.54) is 0 Å². The molecule has 0 amide bonds. The van der Waals surface area contributed by atoms with Crippen LogP contribution in [0.1, 0.15) is 36.9 Å². The van der Waals surface area contributed by atoms with Crippen LogP contribution in [0.5, 0.6) is 5.88 Å². The zero-order valence-corrected chi connectivity index (χ0v) is 11.0. The van der Waals surface area contributed by atoms with Gasteiger partial charge in [-0.15, -0.1) is 0 Å². The van der Waals surface area contributed by atoms with Gasteiger partial charge in [-0.2, -0.15) is 5.10 Å². The molecular formula is C12H19F2N3O. The van der Waals surface area contributed by atoms with E-state index in [0.29, 0.717) is 5.88 Å². The first-order valence-electron chi connectivity index (χ1n) is 6.04. The minimum atomic E-state index is -2.59. The fourth-order valence-electron chi connectivity index (χ4n) is 2.76. The quantitative estimate of drug-likeness (QED) is 0.885. The summed E-state index contributed by atoms with van der Waals surface area (Å²) in [5.41, 5.74) is 7.09. The maximum absolute atomic E-state index is 13.2. The van der Waals surface area contributed by atoms with E-state index in [1.807, 2.05) is 6.92 Å². The van der Waals surface area contributed by atoms with Crippen molar-refractivity contribution < 1.29 is 13.5 Å². The largest absolute Gasteiger partial charge is 0.481 e. The summed E-state index contributed by atoms with van der Waals surface area (Å²) in [4.78, 5) is 0. The molecule has 0 aromatic carbocycles. The molecule has 2 N–H and O–H groups in total. The SMILES string of the molecule is COc1c(C2(N)CCC(F)(F)CC2)c(C)nn1C. The monoisotopic (exact) mass is 259 g/mol. The van der Waals surface area contributed by atoms with Crippen LogP contribution in [0.25, 0.3) is 0 Å². The van der Waals surface area contributed by atoms with Gasteiger partial charge in [0.1, 0.15) is 0 Å². The van der Waals surface area contributed by atoms with E-state index in [1.54, 1.807) is 18.8 Å². The average Bonchev–Trinajstić information content (AvgIpc) is 2.58. The highest BCUT2D eigenvalue weighted by molar-refractivity contribution is 5.38. The summed E-state index contributed by atoms with van der Waals surface area (Å²) in [7, 11) is 3.30. The highest BCUT2D eigenvalue weighted by atomic mass is 19.3. The van der Waals surface area contributed by atoms with Crippen molar-refractivity contribution in [2.75, 3.05) is 7.11 Å². The molecule has 102 valence electrons. The molecule has 4 nitrogen and oxygen atoms in total. The summed E-state index contributed by atoms with van der Waals surface area (Å²) in [5, 5.41) is 4.26. The number of aryl methyl sites for hydroxylation is 2. The van der Waals surface area contributed by atoms with Gasteiger partial charge in [-0.25, -0.2) is 13.5 Å². The maximum atomic E-state index is 13.2. The number of nitrogens with zero attached hydrogens (tertiary/aromatic N) is 2. The topological polar surface area (TPSA) is 53.1 Å². The minimum absolute atomic E-state index is 0.180. The van der Waals surface area contributed by atoms with Crippen LogP contribution in [-0.2, 0) is 12.6 Å². The number of methoxy groups -OCH3 is 1. The second-order valence-electron chi connectivity index (χ2n) is 5.11. The fourth-order valence-corrected chi connectivity index (χ4v) is 2.76. The van der Waals surface area contributed by atoms with Crippen molar-refractivity contribution in [1.29, 1.82) is 0 Å². The summed E-state index contributed by atoms with van der Waals surface area (Å²) < 4.78 is 33.4. The number of aromatic nitrogens is 2. The predicted molar refractivity (Wildman–Crippen MR) is 63.8 cm³/mol. The molecule has 1 heterocycles. The summed E-state index contributed by atoms with van der Waals surface area (Å²) in [6.45, 7) is 1.83. The van der Waals surface area contributed by atoms with Gasteiger partial charge >= 0.3 is 0 Å². The highest BCUT2D eigenvalue weighted by Gasteiger charge is 2.45. The van der Waals surface area contributed by atoms with Gasteiger partial charge in [0.15, 0.2) is 0 Å². The van der Waals surface area contributed by atoms with Gasteiger partial charge in [0, 0.05) is 25.4 Å². The zero-order chi connectivity index (χ0) is 13.6. The molecule has 2 rings (SSSR count). The Morgan fingerprint density at radius 3 is 2.33 bits per heavy atom. The third kappa shape index (κ3) is 2.09. The molecule has 0 saturated heterocycles. The van der Waals surface area contributed by atoms with E-state index >= 15 is 0 Å². The second-order valence-corrected chi connectivity index (χ2v) is 5.11. The molecule has 6 heteroatoms. The third-order valence-corrected chi connectivity index (χ3v) is 3.73. The van der Waals surface area contributed by atoms with E-state index < -0.39 is 11.5 Å². The summed E-state index contributed by atoms with van der Waals surface area (Å²) in [5.74, 6) is -2.02. The van der Waals surface area contributed by atoms with Crippen molar-refractivity contribution in [3.8, 4) is 5.88 Å². The second kappa shape index (κ2) is 4.19. The van der Waals surface area contributed by atoms with Gasteiger partial charge in [-0.05, 0) is 19.8 Å². The van der Waals surface area contributed by atoms with Gasteiger partial charge < -0.3 is 10.5 Å². The van der Waals surface area contributed by atoms with Crippen molar-refractivity contribution in [1.82, 2.24) is 9.78 Å². The van der Waals surface area contributed by atoms with Crippen LogP contribution >= 0.6 is 0 Å². The molecule has 0 spiro atoms. The summed E-state index contributed by atoms with van der Waals surface area (Å²) in [6, 6.07) is 0. The van der Waals surface area contributed by atoms with Crippen LogP contribution in [0, 0.1) is 6.92 Å². The molecule has 0 radical (unpaired) electrons. The summed E-state index contributed by atoms with van der Waals surface area (Å²) >= 11 is 0. The number of rotatable bonds is 2. The molecule has 18 heavy (non-hydrogen) atoms. The van der Waals surface area contributed by atoms with Crippen molar-refractivity contribution in [2.45, 2.75) is 44.1 Å². The fraction of sp³-hybridized carbons (Fsp3) is 0.750. The lowest BCUT2D eigenvalue weighted by Gasteiger charge is -2.37. The van der Waals surface area contributed by atoms with Crippen LogP contribution in [0.3, 0.4) is 0 Å². The predicted octanol–water partition coefficient (Wildman–Crippen LogP) is 2.10. The van der Waals surface area contributed by atoms with Crippen LogP contribution in [-0.4, -0.2) is 22.8 Å².